The van der Waals surface area contributed by atoms with Crippen LogP contribution in [0.2, 0.25) is 0 Å². The van der Waals surface area contributed by atoms with Gasteiger partial charge >= 0.3 is 0 Å². The highest BCUT2D eigenvalue weighted by molar-refractivity contribution is 5.77. The minimum atomic E-state index is -0.0978. The van der Waals surface area contributed by atoms with Crippen molar-refractivity contribution in [2.75, 3.05) is 6.61 Å². The summed E-state index contributed by atoms with van der Waals surface area (Å²) in [6.45, 7) is 0.610. The Bertz CT molecular complexity index is 622. The van der Waals surface area contributed by atoms with Crippen molar-refractivity contribution in [1.29, 1.82) is 0 Å². The minimum absolute atomic E-state index is 0.0505. The van der Waals surface area contributed by atoms with E-state index in [1.54, 1.807) is 0 Å². The van der Waals surface area contributed by atoms with Crippen molar-refractivity contribution in [2.45, 2.75) is 25.8 Å². The fourth-order valence-electron chi connectivity index (χ4n) is 2.65. The molecule has 108 valence electrons. The number of fused-ring (bicyclic) bond motifs is 1. The number of hydrogen-bond acceptors (Lipinski definition) is 2. The van der Waals surface area contributed by atoms with Crippen LogP contribution in [0, 0.1) is 0 Å². The van der Waals surface area contributed by atoms with Crippen LogP contribution in [0.4, 0.5) is 0 Å². The Hall–Kier alpha value is -2.29. The van der Waals surface area contributed by atoms with Gasteiger partial charge in [0, 0.05) is 6.54 Å². The third kappa shape index (κ3) is 3.63. The SMILES string of the molecule is O=C(COc1ccccc1)NCc1ccc2c(c1)CCC2. The van der Waals surface area contributed by atoms with Crippen LogP contribution in [-0.4, -0.2) is 12.5 Å². The van der Waals surface area contributed by atoms with Crippen molar-refractivity contribution in [3.63, 3.8) is 0 Å². The third-order valence-electron chi connectivity index (χ3n) is 3.77. The number of rotatable bonds is 5. The molecule has 3 nitrogen and oxygen atoms in total. The van der Waals surface area contributed by atoms with E-state index in [1.807, 2.05) is 30.3 Å². The van der Waals surface area contributed by atoms with Crippen LogP contribution in [0.15, 0.2) is 48.5 Å². The van der Waals surface area contributed by atoms with Gasteiger partial charge in [0.15, 0.2) is 6.61 Å². The number of benzene rings is 2. The lowest BCUT2D eigenvalue weighted by molar-refractivity contribution is -0.123. The van der Waals surface area contributed by atoms with E-state index in [1.165, 1.54) is 24.0 Å². The molecule has 0 bridgehead atoms. The predicted molar refractivity (Wildman–Crippen MR) is 82.3 cm³/mol. The molecule has 0 saturated carbocycles. The second kappa shape index (κ2) is 6.44. The first-order valence-electron chi connectivity index (χ1n) is 7.36. The number of nitrogens with one attached hydrogen (secondary N) is 1. The number of para-hydroxylation sites is 1. The van der Waals surface area contributed by atoms with Crippen LogP contribution in [0.25, 0.3) is 0 Å². The molecule has 0 radical (unpaired) electrons. The summed E-state index contributed by atoms with van der Waals surface area (Å²) < 4.78 is 5.42. The summed E-state index contributed by atoms with van der Waals surface area (Å²) in [6, 6.07) is 15.9. The molecule has 21 heavy (non-hydrogen) atoms. The number of amides is 1. The Morgan fingerprint density at radius 2 is 1.86 bits per heavy atom. The van der Waals surface area contributed by atoms with Gasteiger partial charge in [-0.15, -0.1) is 0 Å². The lowest BCUT2D eigenvalue weighted by Gasteiger charge is -2.08. The van der Waals surface area contributed by atoms with E-state index in [2.05, 4.69) is 23.5 Å². The highest BCUT2D eigenvalue weighted by atomic mass is 16.5. The van der Waals surface area contributed by atoms with Crippen molar-refractivity contribution < 1.29 is 9.53 Å². The Balaban J connectivity index is 1.47. The van der Waals surface area contributed by atoms with Crippen LogP contribution in [0.1, 0.15) is 23.1 Å². The Morgan fingerprint density at radius 3 is 2.71 bits per heavy atom. The number of ether oxygens (including phenoxy) is 1. The highest BCUT2D eigenvalue weighted by Gasteiger charge is 2.11. The van der Waals surface area contributed by atoms with Crippen LogP contribution in [-0.2, 0) is 24.2 Å². The summed E-state index contributed by atoms with van der Waals surface area (Å²) in [5.41, 5.74) is 4.04. The average Bonchev–Trinajstić information content (AvgIpc) is 2.99. The van der Waals surface area contributed by atoms with Crippen molar-refractivity contribution in [3.8, 4) is 5.75 Å². The zero-order chi connectivity index (χ0) is 14.5. The van der Waals surface area contributed by atoms with Gasteiger partial charge in [0.1, 0.15) is 5.75 Å². The normalized spacial score (nSPS) is 12.8. The standard InChI is InChI=1S/C18H19NO2/c20-18(13-21-17-7-2-1-3-8-17)19-12-14-9-10-15-5-4-6-16(15)11-14/h1-3,7-11H,4-6,12-13H2,(H,19,20). The summed E-state index contributed by atoms with van der Waals surface area (Å²) in [5.74, 6) is 0.615. The summed E-state index contributed by atoms with van der Waals surface area (Å²) in [5, 5.41) is 2.90. The first-order valence-corrected chi connectivity index (χ1v) is 7.36. The summed E-state index contributed by atoms with van der Waals surface area (Å²) >= 11 is 0. The smallest absolute Gasteiger partial charge is 0.258 e. The lowest BCUT2D eigenvalue weighted by Crippen LogP contribution is -2.28. The lowest BCUT2D eigenvalue weighted by atomic mass is 10.1. The molecule has 0 unspecified atom stereocenters. The van der Waals surface area contributed by atoms with E-state index >= 15 is 0 Å². The molecule has 0 fully saturated rings. The molecule has 0 atom stereocenters. The van der Waals surface area contributed by atoms with E-state index in [-0.39, 0.29) is 12.5 Å². The number of hydrogen-bond donors (Lipinski definition) is 1. The maximum absolute atomic E-state index is 11.8. The molecular formula is C18H19NO2. The highest BCUT2D eigenvalue weighted by Crippen LogP contribution is 2.22. The molecule has 0 aromatic heterocycles. The second-order valence-corrected chi connectivity index (χ2v) is 5.34. The van der Waals surface area contributed by atoms with E-state index in [0.29, 0.717) is 12.3 Å². The molecule has 1 aliphatic rings. The quantitative estimate of drug-likeness (QED) is 0.915. The van der Waals surface area contributed by atoms with E-state index in [4.69, 9.17) is 4.74 Å². The van der Waals surface area contributed by atoms with Crippen molar-refractivity contribution in [3.05, 3.63) is 65.2 Å². The zero-order valence-corrected chi connectivity index (χ0v) is 12.0. The Kier molecular flexibility index (Phi) is 4.20. The number of carbonyl (C=O) groups excluding carboxylic acids is 1. The molecule has 1 aliphatic carbocycles. The number of aryl methyl sites for hydroxylation is 2. The maximum Gasteiger partial charge on any atom is 0.258 e. The van der Waals surface area contributed by atoms with Crippen LogP contribution < -0.4 is 10.1 Å². The fraction of sp³-hybridized carbons (Fsp3) is 0.278. The molecule has 3 heteroatoms. The van der Waals surface area contributed by atoms with Gasteiger partial charge in [-0.2, -0.15) is 0 Å². The molecule has 1 N–H and O–H groups in total. The third-order valence-corrected chi connectivity index (χ3v) is 3.77. The summed E-state index contributed by atoms with van der Waals surface area (Å²) in [7, 11) is 0. The van der Waals surface area contributed by atoms with Crippen LogP contribution >= 0.6 is 0 Å². The van der Waals surface area contributed by atoms with Crippen LogP contribution in [0.3, 0.4) is 0 Å². The molecular weight excluding hydrogens is 262 g/mol. The van der Waals surface area contributed by atoms with Gasteiger partial charge < -0.3 is 10.1 Å². The molecule has 2 aromatic carbocycles. The molecule has 0 saturated heterocycles. The van der Waals surface area contributed by atoms with Gasteiger partial charge in [0.05, 0.1) is 0 Å². The number of carbonyl (C=O) groups is 1. The Labute approximate surface area is 124 Å². The molecule has 0 aliphatic heterocycles. The van der Waals surface area contributed by atoms with Gasteiger partial charge in [0.25, 0.3) is 5.91 Å². The zero-order valence-electron chi connectivity index (χ0n) is 12.0. The van der Waals surface area contributed by atoms with Crippen LogP contribution in [0.5, 0.6) is 5.75 Å². The van der Waals surface area contributed by atoms with Crippen molar-refractivity contribution >= 4 is 5.91 Å². The first kappa shape index (κ1) is 13.7. The molecule has 0 spiro atoms. The predicted octanol–water partition coefficient (Wildman–Crippen LogP) is 2.87. The van der Waals surface area contributed by atoms with Gasteiger partial charge in [-0.25, -0.2) is 0 Å². The first-order chi connectivity index (χ1) is 10.3. The Morgan fingerprint density at radius 1 is 1.05 bits per heavy atom. The van der Waals surface area contributed by atoms with Gasteiger partial charge in [-0.3, -0.25) is 4.79 Å². The van der Waals surface area contributed by atoms with Gasteiger partial charge in [0.2, 0.25) is 0 Å². The fourth-order valence-corrected chi connectivity index (χ4v) is 2.65. The van der Waals surface area contributed by atoms with Gasteiger partial charge in [-0.1, -0.05) is 36.4 Å². The minimum Gasteiger partial charge on any atom is -0.484 e. The average molecular weight is 281 g/mol. The maximum atomic E-state index is 11.8. The van der Waals surface area contributed by atoms with E-state index in [0.717, 1.165) is 12.0 Å². The van der Waals surface area contributed by atoms with Gasteiger partial charge in [-0.05, 0) is 48.1 Å². The summed E-state index contributed by atoms with van der Waals surface area (Å²) in [6.07, 6.45) is 3.59. The molecule has 0 heterocycles. The van der Waals surface area contributed by atoms with Crippen molar-refractivity contribution in [1.82, 2.24) is 5.32 Å². The molecule has 2 aromatic rings. The van der Waals surface area contributed by atoms with E-state index in [9.17, 15) is 4.79 Å². The molecule has 3 rings (SSSR count). The monoisotopic (exact) mass is 281 g/mol. The molecule has 1 amide bonds. The topological polar surface area (TPSA) is 38.3 Å². The summed E-state index contributed by atoms with van der Waals surface area (Å²) in [4.78, 5) is 11.8. The van der Waals surface area contributed by atoms with E-state index < -0.39 is 0 Å². The second-order valence-electron chi connectivity index (χ2n) is 5.34. The van der Waals surface area contributed by atoms with Crippen molar-refractivity contribution in [2.24, 2.45) is 0 Å². The largest absolute Gasteiger partial charge is 0.484 e.